The van der Waals surface area contributed by atoms with E-state index in [4.69, 9.17) is 0 Å². The van der Waals surface area contributed by atoms with Gasteiger partial charge in [0.05, 0.1) is 12.5 Å². The summed E-state index contributed by atoms with van der Waals surface area (Å²) in [4.78, 5) is 27.9. The van der Waals surface area contributed by atoms with Gasteiger partial charge >= 0.3 is 0 Å². The van der Waals surface area contributed by atoms with Crippen LogP contribution in [0.4, 0.5) is 0 Å². The molecule has 1 saturated carbocycles. The van der Waals surface area contributed by atoms with Crippen LogP contribution in [0, 0.1) is 0 Å². The van der Waals surface area contributed by atoms with Crippen molar-refractivity contribution in [3.8, 4) is 0 Å². The molecule has 2 aliphatic rings. The molecule has 1 saturated heterocycles. The third kappa shape index (κ3) is 3.54. The number of carbonyl (C=O) groups excluding carboxylic acids is 2. The molecule has 2 rings (SSSR count). The van der Waals surface area contributed by atoms with E-state index in [1.54, 1.807) is 0 Å². The van der Waals surface area contributed by atoms with Gasteiger partial charge in [-0.25, -0.2) is 0 Å². The first kappa shape index (κ1) is 14.5. The predicted octanol–water partition coefficient (Wildman–Crippen LogP) is 0.598. The van der Waals surface area contributed by atoms with E-state index in [0.29, 0.717) is 6.42 Å². The maximum atomic E-state index is 12.3. The van der Waals surface area contributed by atoms with Crippen LogP contribution in [0.1, 0.15) is 38.5 Å². The minimum atomic E-state index is -0.282. The van der Waals surface area contributed by atoms with Gasteiger partial charge in [-0.3, -0.25) is 14.5 Å². The molecule has 1 aliphatic carbocycles. The van der Waals surface area contributed by atoms with Crippen LogP contribution in [0.5, 0.6) is 0 Å². The van der Waals surface area contributed by atoms with Gasteiger partial charge in [-0.05, 0) is 46.4 Å². The van der Waals surface area contributed by atoms with Crippen molar-refractivity contribution in [1.29, 1.82) is 0 Å². The van der Waals surface area contributed by atoms with Crippen LogP contribution >= 0.6 is 0 Å². The molecule has 1 heterocycles. The van der Waals surface area contributed by atoms with Gasteiger partial charge in [-0.15, -0.1) is 0 Å². The lowest BCUT2D eigenvalue weighted by Gasteiger charge is -2.22. The summed E-state index contributed by atoms with van der Waals surface area (Å²) < 4.78 is 0. The quantitative estimate of drug-likeness (QED) is 0.565. The van der Waals surface area contributed by atoms with Crippen molar-refractivity contribution in [1.82, 2.24) is 15.1 Å². The van der Waals surface area contributed by atoms with Gasteiger partial charge in [0.25, 0.3) is 0 Å². The van der Waals surface area contributed by atoms with Crippen molar-refractivity contribution in [2.45, 2.75) is 50.6 Å². The second kappa shape index (κ2) is 6.48. The first-order chi connectivity index (χ1) is 9.09. The highest BCUT2D eigenvalue weighted by Gasteiger charge is 2.42. The molecule has 1 atom stereocenters. The molecule has 5 nitrogen and oxygen atoms in total. The Hall–Kier alpha value is -0.940. The first-order valence-corrected chi connectivity index (χ1v) is 7.33. The van der Waals surface area contributed by atoms with E-state index in [2.05, 4.69) is 10.2 Å². The number of carbonyl (C=O) groups is 2. The van der Waals surface area contributed by atoms with Crippen LogP contribution in [-0.4, -0.2) is 60.9 Å². The Kier molecular flexibility index (Phi) is 4.93. The maximum absolute atomic E-state index is 12.3. The molecule has 1 unspecified atom stereocenters. The Morgan fingerprint density at radius 3 is 2.58 bits per heavy atom. The van der Waals surface area contributed by atoms with E-state index in [1.807, 2.05) is 14.1 Å². The van der Waals surface area contributed by atoms with E-state index in [-0.39, 0.29) is 23.9 Å². The third-order valence-electron chi connectivity index (χ3n) is 4.05. The van der Waals surface area contributed by atoms with E-state index >= 15 is 0 Å². The smallest absolute Gasteiger partial charge is 0.247 e. The molecule has 0 radical (unpaired) electrons. The highest BCUT2D eigenvalue weighted by molar-refractivity contribution is 6.05. The minimum Gasteiger partial charge on any atom is -0.309 e. The molecule has 2 fully saturated rings. The Morgan fingerprint density at radius 1 is 1.26 bits per heavy atom. The van der Waals surface area contributed by atoms with Crippen molar-refractivity contribution >= 4 is 11.8 Å². The average molecular weight is 267 g/mol. The SMILES string of the molecule is CN(C)CCCNC1CC(=O)N(C2CCCC2)C1=O. The number of likely N-dealkylation sites (tertiary alicyclic amines) is 1. The fraction of sp³-hybridized carbons (Fsp3) is 0.857. The van der Waals surface area contributed by atoms with Crippen molar-refractivity contribution in [2.24, 2.45) is 0 Å². The second-order valence-corrected chi connectivity index (χ2v) is 5.91. The van der Waals surface area contributed by atoms with Gasteiger partial charge in [0.1, 0.15) is 0 Å². The van der Waals surface area contributed by atoms with Crippen LogP contribution < -0.4 is 5.32 Å². The number of nitrogens with zero attached hydrogens (tertiary/aromatic N) is 2. The minimum absolute atomic E-state index is 0.00162. The van der Waals surface area contributed by atoms with E-state index < -0.39 is 0 Å². The lowest BCUT2D eigenvalue weighted by molar-refractivity contribution is -0.141. The van der Waals surface area contributed by atoms with E-state index in [0.717, 1.165) is 45.2 Å². The Labute approximate surface area is 115 Å². The van der Waals surface area contributed by atoms with Crippen LogP contribution in [0.2, 0.25) is 0 Å². The normalized spacial score (nSPS) is 25.0. The van der Waals surface area contributed by atoms with Gasteiger partial charge in [0.15, 0.2) is 0 Å². The van der Waals surface area contributed by atoms with Crippen molar-refractivity contribution < 1.29 is 9.59 Å². The van der Waals surface area contributed by atoms with Crippen molar-refractivity contribution in [2.75, 3.05) is 27.2 Å². The molecule has 1 N–H and O–H groups in total. The summed E-state index contributed by atoms with van der Waals surface area (Å²) in [6.45, 7) is 1.79. The lowest BCUT2D eigenvalue weighted by Crippen LogP contribution is -2.43. The number of rotatable bonds is 6. The lowest BCUT2D eigenvalue weighted by atomic mass is 10.2. The fourth-order valence-electron chi connectivity index (χ4n) is 3.03. The molecule has 0 spiro atoms. The third-order valence-corrected chi connectivity index (χ3v) is 4.05. The highest BCUT2D eigenvalue weighted by Crippen LogP contribution is 2.28. The number of nitrogens with one attached hydrogen (secondary N) is 1. The summed E-state index contributed by atoms with van der Waals surface area (Å²) in [6, 6.07) is -0.108. The molecule has 5 heteroatoms. The zero-order valence-electron chi connectivity index (χ0n) is 12.0. The van der Waals surface area contributed by atoms with Crippen LogP contribution in [0.15, 0.2) is 0 Å². The summed E-state index contributed by atoms with van der Waals surface area (Å²) in [7, 11) is 4.07. The van der Waals surface area contributed by atoms with E-state index in [1.165, 1.54) is 4.90 Å². The summed E-state index contributed by atoms with van der Waals surface area (Å²) >= 11 is 0. The van der Waals surface area contributed by atoms with Gasteiger partial charge in [-0.1, -0.05) is 12.8 Å². The Morgan fingerprint density at radius 2 is 1.95 bits per heavy atom. The Bertz CT molecular complexity index is 338. The molecule has 0 aromatic rings. The number of hydrogen-bond acceptors (Lipinski definition) is 4. The monoisotopic (exact) mass is 267 g/mol. The number of imide groups is 1. The first-order valence-electron chi connectivity index (χ1n) is 7.33. The molecule has 19 heavy (non-hydrogen) atoms. The largest absolute Gasteiger partial charge is 0.309 e. The predicted molar refractivity (Wildman–Crippen MR) is 73.7 cm³/mol. The standard InChI is InChI=1S/C14H25N3O2/c1-16(2)9-5-8-15-12-10-13(18)17(14(12)19)11-6-3-4-7-11/h11-12,15H,3-10H2,1-2H3. The van der Waals surface area contributed by atoms with Crippen LogP contribution in [0.25, 0.3) is 0 Å². The van der Waals surface area contributed by atoms with Gasteiger partial charge in [0, 0.05) is 6.04 Å². The second-order valence-electron chi connectivity index (χ2n) is 5.91. The van der Waals surface area contributed by atoms with E-state index in [9.17, 15) is 9.59 Å². The number of amides is 2. The van der Waals surface area contributed by atoms with Gasteiger partial charge < -0.3 is 10.2 Å². The molecule has 1 aliphatic heterocycles. The van der Waals surface area contributed by atoms with Crippen molar-refractivity contribution in [3.63, 3.8) is 0 Å². The summed E-state index contributed by atoms with van der Waals surface area (Å²) in [6.07, 6.45) is 5.60. The van der Waals surface area contributed by atoms with Crippen LogP contribution in [-0.2, 0) is 9.59 Å². The van der Waals surface area contributed by atoms with Crippen LogP contribution in [0.3, 0.4) is 0 Å². The highest BCUT2D eigenvalue weighted by atomic mass is 16.2. The maximum Gasteiger partial charge on any atom is 0.247 e. The molecular formula is C14H25N3O2. The van der Waals surface area contributed by atoms with Crippen molar-refractivity contribution in [3.05, 3.63) is 0 Å². The molecule has 0 bridgehead atoms. The fourth-order valence-corrected chi connectivity index (χ4v) is 3.03. The average Bonchev–Trinajstić information content (AvgIpc) is 2.94. The Balaban J connectivity index is 1.80. The molecule has 108 valence electrons. The molecule has 0 aromatic carbocycles. The summed E-state index contributed by atoms with van der Waals surface area (Å²) in [5.41, 5.74) is 0. The molecule has 0 aromatic heterocycles. The molecule has 2 amide bonds. The van der Waals surface area contributed by atoms with Gasteiger partial charge in [-0.2, -0.15) is 0 Å². The van der Waals surface area contributed by atoms with Gasteiger partial charge in [0.2, 0.25) is 11.8 Å². The molecular weight excluding hydrogens is 242 g/mol. The zero-order chi connectivity index (χ0) is 13.8. The summed E-state index contributed by atoms with van der Waals surface area (Å²) in [5, 5.41) is 3.23. The topological polar surface area (TPSA) is 52.7 Å². The zero-order valence-corrected chi connectivity index (χ0v) is 12.0. The summed E-state index contributed by atoms with van der Waals surface area (Å²) in [5.74, 6) is 0.0174. The number of hydrogen-bond donors (Lipinski definition) is 1.